The van der Waals surface area contributed by atoms with Crippen molar-refractivity contribution in [2.45, 2.75) is 45.0 Å². The fourth-order valence-electron chi connectivity index (χ4n) is 2.99. The highest BCUT2D eigenvalue weighted by Crippen LogP contribution is 2.18. The largest absolute Gasteiger partial charge is 0.354 e. The number of nitrogens with zero attached hydrogens (tertiary/aromatic N) is 1. The first kappa shape index (κ1) is 24.2. The van der Waals surface area contributed by atoms with Crippen molar-refractivity contribution in [1.82, 2.24) is 10.2 Å². The van der Waals surface area contributed by atoms with Crippen molar-refractivity contribution in [2.24, 2.45) is 0 Å². The highest BCUT2D eigenvalue weighted by Gasteiger charge is 2.28. The fraction of sp³-hybridized carbons (Fsp3) is 0.391. The molecule has 2 aromatic carbocycles. The zero-order valence-electron chi connectivity index (χ0n) is 17.4. The maximum atomic E-state index is 13.1. The lowest BCUT2D eigenvalue weighted by atomic mass is 10.1. The van der Waals surface area contributed by atoms with Crippen LogP contribution in [0.5, 0.6) is 0 Å². The first-order valence-corrected chi connectivity index (χ1v) is 11.6. The Labute approximate surface area is 187 Å². The normalized spacial score (nSPS) is 11.7. The molecule has 0 radical (unpaired) electrons. The lowest BCUT2D eigenvalue weighted by molar-refractivity contribution is -0.139. The summed E-state index contributed by atoms with van der Waals surface area (Å²) in [5, 5.41) is 3.53. The number of carbonyl (C=O) groups is 2. The molecule has 0 saturated heterocycles. The summed E-state index contributed by atoms with van der Waals surface area (Å²) < 4.78 is 13.1. The van der Waals surface area contributed by atoms with Gasteiger partial charge < -0.3 is 10.2 Å². The van der Waals surface area contributed by atoms with E-state index in [1.807, 2.05) is 26.0 Å². The van der Waals surface area contributed by atoms with Gasteiger partial charge in [-0.15, -0.1) is 11.8 Å². The number of halogens is 2. The van der Waals surface area contributed by atoms with Crippen molar-refractivity contribution in [1.29, 1.82) is 0 Å². The lowest BCUT2D eigenvalue weighted by Crippen LogP contribution is -2.49. The second-order valence-electron chi connectivity index (χ2n) is 6.98. The van der Waals surface area contributed by atoms with E-state index < -0.39 is 6.04 Å². The zero-order chi connectivity index (χ0) is 21.9. The molecule has 0 aliphatic rings. The maximum Gasteiger partial charge on any atom is 0.242 e. The first-order valence-electron chi connectivity index (χ1n) is 10.1. The van der Waals surface area contributed by atoms with Gasteiger partial charge in [0.25, 0.3) is 0 Å². The Bertz CT molecular complexity index is 815. The van der Waals surface area contributed by atoms with Gasteiger partial charge in [0.05, 0.1) is 5.75 Å². The molecule has 0 bridgehead atoms. The minimum Gasteiger partial charge on any atom is -0.354 e. The van der Waals surface area contributed by atoms with Crippen molar-refractivity contribution >= 4 is 35.2 Å². The Morgan fingerprint density at radius 3 is 2.30 bits per heavy atom. The SMILES string of the molecule is CCCNC(=O)[C@@H](CC)N(Cc1ccc(Cl)cc1)C(=O)CSCc1ccc(F)cc1. The minimum absolute atomic E-state index is 0.101. The Morgan fingerprint density at radius 1 is 1.07 bits per heavy atom. The number of hydrogen-bond donors (Lipinski definition) is 1. The second kappa shape index (κ2) is 12.6. The second-order valence-corrected chi connectivity index (χ2v) is 8.40. The van der Waals surface area contributed by atoms with Crippen LogP contribution in [0, 0.1) is 5.82 Å². The Balaban J connectivity index is 2.09. The van der Waals surface area contributed by atoms with Gasteiger partial charge >= 0.3 is 0 Å². The molecule has 2 rings (SSSR count). The van der Waals surface area contributed by atoms with Crippen molar-refractivity contribution in [3.8, 4) is 0 Å². The van der Waals surface area contributed by atoms with Crippen molar-refractivity contribution in [2.75, 3.05) is 12.3 Å². The number of hydrogen-bond acceptors (Lipinski definition) is 3. The van der Waals surface area contributed by atoms with Gasteiger partial charge in [-0.1, -0.05) is 49.7 Å². The third-order valence-electron chi connectivity index (χ3n) is 4.61. The molecule has 2 aromatic rings. The van der Waals surface area contributed by atoms with Gasteiger partial charge in [-0.25, -0.2) is 4.39 Å². The first-order chi connectivity index (χ1) is 14.4. The zero-order valence-corrected chi connectivity index (χ0v) is 18.9. The van der Waals surface area contributed by atoms with E-state index in [9.17, 15) is 14.0 Å². The average molecular weight is 451 g/mol. The van der Waals surface area contributed by atoms with E-state index >= 15 is 0 Å². The van der Waals surface area contributed by atoms with Gasteiger partial charge in [0.15, 0.2) is 0 Å². The predicted octanol–water partition coefficient (Wildman–Crippen LogP) is 5.05. The number of rotatable bonds is 11. The molecular formula is C23H28ClFN2O2S. The standard InChI is InChI=1S/C23H28ClFN2O2S/c1-3-13-26-23(29)21(4-2)27(14-17-5-9-19(24)10-6-17)22(28)16-30-15-18-7-11-20(25)12-8-18/h5-12,21H,3-4,13-16H2,1-2H3,(H,26,29)/t21-/m1/s1. The van der Waals surface area contributed by atoms with E-state index in [1.165, 1.54) is 23.9 Å². The molecule has 4 nitrogen and oxygen atoms in total. The Morgan fingerprint density at radius 2 is 1.70 bits per heavy atom. The van der Waals surface area contributed by atoms with E-state index in [4.69, 9.17) is 11.6 Å². The molecule has 2 amide bonds. The molecule has 0 unspecified atom stereocenters. The van der Waals surface area contributed by atoms with Crippen molar-refractivity contribution in [3.63, 3.8) is 0 Å². The molecule has 0 spiro atoms. The molecule has 30 heavy (non-hydrogen) atoms. The van der Waals surface area contributed by atoms with Crippen LogP contribution < -0.4 is 5.32 Å². The topological polar surface area (TPSA) is 49.4 Å². The van der Waals surface area contributed by atoms with E-state index in [1.54, 1.807) is 29.2 Å². The van der Waals surface area contributed by atoms with Gasteiger partial charge in [-0.05, 0) is 48.2 Å². The molecule has 1 N–H and O–H groups in total. The molecule has 1 atom stereocenters. The number of benzene rings is 2. The van der Waals surface area contributed by atoms with Crippen LogP contribution in [0.4, 0.5) is 4.39 Å². The summed E-state index contributed by atoms with van der Waals surface area (Å²) in [6.07, 6.45) is 1.36. The summed E-state index contributed by atoms with van der Waals surface area (Å²) in [6.45, 7) is 4.82. The average Bonchev–Trinajstić information content (AvgIpc) is 2.74. The predicted molar refractivity (Wildman–Crippen MR) is 122 cm³/mol. The third kappa shape index (κ3) is 7.65. The van der Waals surface area contributed by atoms with Gasteiger partial charge in [0.1, 0.15) is 11.9 Å². The number of nitrogens with one attached hydrogen (secondary N) is 1. The molecule has 0 heterocycles. The molecule has 0 saturated carbocycles. The van der Waals surface area contributed by atoms with Crippen LogP contribution in [0.3, 0.4) is 0 Å². The van der Waals surface area contributed by atoms with E-state index in [0.717, 1.165) is 17.5 Å². The summed E-state index contributed by atoms with van der Waals surface area (Å²) in [5.74, 6) is 0.320. The molecule has 0 aliphatic carbocycles. The highest BCUT2D eigenvalue weighted by atomic mass is 35.5. The third-order valence-corrected chi connectivity index (χ3v) is 5.85. The lowest BCUT2D eigenvalue weighted by Gasteiger charge is -2.30. The maximum absolute atomic E-state index is 13.1. The summed E-state index contributed by atoms with van der Waals surface area (Å²) in [7, 11) is 0. The van der Waals surface area contributed by atoms with Crippen molar-refractivity contribution in [3.05, 3.63) is 70.5 Å². The van der Waals surface area contributed by atoms with Gasteiger partial charge in [-0.2, -0.15) is 0 Å². The monoisotopic (exact) mass is 450 g/mol. The van der Waals surface area contributed by atoms with E-state index in [-0.39, 0.29) is 23.4 Å². The minimum atomic E-state index is -0.536. The van der Waals surface area contributed by atoms with Crippen LogP contribution in [0.25, 0.3) is 0 Å². The van der Waals surface area contributed by atoms with E-state index in [0.29, 0.717) is 30.3 Å². The summed E-state index contributed by atoms with van der Waals surface area (Å²) >= 11 is 7.43. The number of amides is 2. The fourth-order valence-corrected chi connectivity index (χ4v) is 3.99. The van der Waals surface area contributed by atoms with Gasteiger partial charge in [-0.3, -0.25) is 9.59 Å². The number of carbonyl (C=O) groups excluding carboxylic acids is 2. The Hall–Kier alpha value is -2.05. The van der Waals surface area contributed by atoms with Gasteiger partial charge in [0, 0.05) is 23.9 Å². The van der Waals surface area contributed by atoms with Crippen LogP contribution in [-0.2, 0) is 21.9 Å². The summed E-state index contributed by atoms with van der Waals surface area (Å²) in [4.78, 5) is 27.4. The molecule has 0 fully saturated rings. The highest BCUT2D eigenvalue weighted by molar-refractivity contribution is 7.99. The molecule has 0 aliphatic heterocycles. The quantitative estimate of drug-likeness (QED) is 0.521. The van der Waals surface area contributed by atoms with Crippen LogP contribution >= 0.6 is 23.4 Å². The smallest absolute Gasteiger partial charge is 0.242 e. The molecule has 162 valence electrons. The van der Waals surface area contributed by atoms with Crippen molar-refractivity contribution < 1.29 is 14.0 Å². The number of thioether (sulfide) groups is 1. The Kier molecular flexibility index (Phi) is 10.2. The van der Waals surface area contributed by atoms with Crippen LogP contribution in [-0.4, -0.2) is 35.1 Å². The van der Waals surface area contributed by atoms with Crippen LogP contribution in [0.15, 0.2) is 48.5 Å². The molecule has 0 aromatic heterocycles. The van der Waals surface area contributed by atoms with Crippen LogP contribution in [0.1, 0.15) is 37.8 Å². The summed E-state index contributed by atoms with van der Waals surface area (Å²) in [6, 6.07) is 13.0. The van der Waals surface area contributed by atoms with Gasteiger partial charge in [0.2, 0.25) is 11.8 Å². The molecular weight excluding hydrogens is 423 g/mol. The summed E-state index contributed by atoms with van der Waals surface area (Å²) in [5.41, 5.74) is 1.87. The molecule has 7 heteroatoms. The van der Waals surface area contributed by atoms with Crippen LogP contribution in [0.2, 0.25) is 5.02 Å². The van der Waals surface area contributed by atoms with E-state index in [2.05, 4.69) is 5.32 Å².